The summed E-state index contributed by atoms with van der Waals surface area (Å²) in [6.07, 6.45) is 8.49. The van der Waals surface area contributed by atoms with Crippen molar-refractivity contribution in [3.8, 4) is 0 Å². The predicted molar refractivity (Wildman–Crippen MR) is 140 cm³/mol. The van der Waals surface area contributed by atoms with E-state index in [2.05, 4.69) is 0 Å². The number of thioether (sulfide) groups is 1. The maximum Gasteiger partial charge on any atom is 0.311 e. The number of nitrogens with zero attached hydrogens (tertiary/aromatic N) is 2. The largest absolute Gasteiger partial charge is 0.461 e. The normalized spacial score (nSPS) is 33.0. The van der Waals surface area contributed by atoms with Gasteiger partial charge in [0.05, 0.1) is 29.2 Å². The Morgan fingerprint density at radius 1 is 1.17 bits per heavy atom. The molecule has 0 radical (unpaired) electrons. The number of likely N-dealkylation sites (tertiary alicyclic amines) is 1. The standard InChI is InChI=1S/C28H34N2O5S/c1-5-16(2)19(15-31)30-24-26(33)29(23-17(3)9-6-10-18(23)4)13-8-12-28(24)22(25(30)32)21-20(36-28)11-7-14-35-27(21)34/h6-12,16,19-22,24,31H,5,13-15H2,1-4H3/t16-,19-,20-,21+,22-,24?,28-/m0/s1. The summed E-state index contributed by atoms with van der Waals surface area (Å²) in [4.78, 5) is 45.4. The molecule has 0 bridgehead atoms. The van der Waals surface area contributed by atoms with Gasteiger partial charge in [0, 0.05) is 17.5 Å². The van der Waals surface area contributed by atoms with Crippen molar-refractivity contribution in [1.82, 2.24) is 4.90 Å². The summed E-state index contributed by atoms with van der Waals surface area (Å²) in [6, 6.07) is 4.58. The molecular formula is C28H34N2O5S. The van der Waals surface area contributed by atoms with E-state index in [9.17, 15) is 19.5 Å². The van der Waals surface area contributed by atoms with E-state index in [1.165, 1.54) is 11.8 Å². The van der Waals surface area contributed by atoms with Crippen LogP contribution in [0.2, 0.25) is 0 Å². The van der Waals surface area contributed by atoms with Crippen molar-refractivity contribution in [3.63, 3.8) is 0 Å². The number of rotatable bonds is 5. The lowest BCUT2D eigenvalue weighted by Crippen LogP contribution is -2.58. The summed E-state index contributed by atoms with van der Waals surface area (Å²) in [6.45, 7) is 8.30. The molecule has 0 aromatic heterocycles. The quantitative estimate of drug-likeness (QED) is 0.484. The maximum absolute atomic E-state index is 14.6. The molecule has 0 saturated carbocycles. The van der Waals surface area contributed by atoms with Gasteiger partial charge in [0.1, 0.15) is 12.6 Å². The third-order valence-electron chi connectivity index (χ3n) is 8.41. The van der Waals surface area contributed by atoms with Crippen molar-refractivity contribution in [2.24, 2.45) is 17.8 Å². The lowest BCUT2D eigenvalue weighted by atomic mass is 9.78. The van der Waals surface area contributed by atoms with Crippen molar-refractivity contribution >= 4 is 35.2 Å². The van der Waals surface area contributed by atoms with Gasteiger partial charge in [-0.25, -0.2) is 0 Å². The van der Waals surface area contributed by atoms with Crippen LogP contribution < -0.4 is 4.90 Å². The van der Waals surface area contributed by atoms with E-state index >= 15 is 0 Å². The molecule has 2 saturated heterocycles. The van der Waals surface area contributed by atoms with Crippen molar-refractivity contribution in [3.05, 3.63) is 53.6 Å². The molecule has 36 heavy (non-hydrogen) atoms. The van der Waals surface area contributed by atoms with Gasteiger partial charge in [-0.05, 0) is 30.9 Å². The van der Waals surface area contributed by atoms with Crippen LogP contribution in [0.5, 0.6) is 0 Å². The highest BCUT2D eigenvalue weighted by atomic mass is 32.2. The van der Waals surface area contributed by atoms with Crippen LogP contribution in [0.3, 0.4) is 0 Å². The number of aryl methyl sites for hydroxylation is 2. The van der Waals surface area contributed by atoms with Gasteiger partial charge in [-0.3, -0.25) is 14.4 Å². The summed E-state index contributed by atoms with van der Waals surface area (Å²) in [5.41, 5.74) is 2.81. The van der Waals surface area contributed by atoms with E-state index < -0.39 is 34.6 Å². The molecule has 7 atom stereocenters. The molecule has 1 spiro atoms. The summed E-state index contributed by atoms with van der Waals surface area (Å²) < 4.78 is 4.52. The number of amides is 2. The highest BCUT2D eigenvalue weighted by Crippen LogP contribution is 2.61. The average molecular weight is 511 g/mol. The Morgan fingerprint density at radius 2 is 1.89 bits per heavy atom. The summed E-state index contributed by atoms with van der Waals surface area (Å²) in [7, 11) is 0. The van der Waals surface area contributed by atoms with Gasteiger partial charge in [-0.15, -0.1) is 11.8 Å². The fraction of sp³-hybridized carbons (Fsp3) is 0.536. The van der Waals surface area contributed by atoms with E-state index in [0.29, 0.717) is 6.54 Å². The maximum atomic E-state index is 14.6. The molecule has 7 nitrogen and oxygen atoms in total. The number of anilines is 1. The minimum Gasteiger partial charge on any atom is -0.461 e. The van der Waals surface area contributed by atoms with E-state index in [1.807, 2.05) is 70.2 Å². The lowest BCUT2D eigenvalue weighted by Gasteiger charge is -2.40. The van der Waals surface area contributed by atoms with Gasteiger partial charge in [-0.2, -0.15) is 0 Å². The first kappa shape index (κ1) is 25.1. The molecule has 8 heteroatoms. The first-order valence-electron chi connectivity index (χ1n) is 12.8. The number of benzene rings is 1. The number of aliphatic hydroxyl groups is 1. The number of cyclic esters (lactones) is 1. The van der Waals surface area contributed by atoms with Crippen LogP contribution in [-0.2, 0) is 19.1 Å². The van der Waals surface area contributed by atoms with Gasteiger partial charge in [0.2, 0.25) is 5.91 Å². The van der Waals surface area contributed by atoms with E-state index in [1.54, 1.807) is 9.80 Å². The van der Waals surface area contributed by atoms with Crippen LogP contribution in [0, 0.1) is 31.6 Å². The minimum atomic E-state index is -0.920. The highest BCUT2D eigenvalue weighted by molar-refractivity contribution is 8.02. The molecule has 5 rings (SSSR count). The number of carbonyl (C=O) groups is 3. The Morgan fingerprint density at radius 3 is 2.56 bits per heavy atom. The van der Waals surface area contributed by atoms with E-state index in [4.69, 9.17) is 4.74 Å². The number of hydrogen-bond acceptors (Lipinski definition) is 6. The molecule has 2 fully saturated rings. The molecular weight excluding hydrogens is 476 g/mol. The number of ether oxygens (including phenoxy) is 1. The third-order valence-corrected chi connectivity index (χ3v) is 10.2. The van der Waals surface area contributed by atoms with Crippen molar-refractivity contribution in [2.75, 3.05) is 24.7 Å². The third kappa shape index (κ3) is 3.56. The van der Waals surface area contributed by atoms with Crippen molar-refractivity contribution in [2.45, 2.75) is 56.2 Å². The van der Waals surface area contributed by atoms with Crippen molar-refractivity contribution in [1.29, 1.82) is 0 Å². The van der Waals surface area contributed by atoms with Crippen LogP contribution >= 0.6 is 11.8 Å². The van der Waals surface area contributed by atoms with E-state index in [0.717, 1.165) is 23.2 Å². The van der Waals surface area contributed by atoms with Crippen LogP contribution in [-0.4, -0.2) is 69.6 Å². The van der Waals surface area contributed by atoms with Crippen LogP contribution in [0.1, 0.15) is 31.4 Å². The number of carbonyl (C=O) groups excluding carboxylic acids is 3. The molecule has 1 aromatic rings. The van der Waals surface area contributed by atoms with Crippen LogP contribution in [0.15, 0.2) is 42.5 Å². The number of esters is 1. The Labute approximate surface area is 216 Å². The Kier molecular flexibility index (Phi) is 6.53. The fourth-order valence-corrected chi connectivity index (χ4v) is 8.50. The highest BCUT2D eigenvalue weighted by Gasteiger charge is 2.72. The zero-order valence-electron chi connectivity index (χ0n) is 21.2. The molecule has 1 N–H and O–H groups in total. The second-order valence-corrected chi connectivity index (χ2v) is 11.9. The van der Waals surface area contributed by atoms with Crippen LogP contribution in [0.25, 0.3) is 0 Å². The Balaban J connectivity index is 1.69. The molecule has 0 aliphatic carbocycles. The zero-order chi connectivity index (χ0) is 25.8. The Bertz CT molecular complexity index is 1130. The average Bonchev–Trinajstić information content (AvgIpc) is 3.15. The first-order chi connectivity index (χ1) is 17.3. The number of para-hydroxylation sites is 1. The number of hydrogen-bond donors (Lipinski definition) is 1. The van der Waals surface area contributed by atoms with Gasteiger partial charge >= 0.3 is 5.97 Å². The number of aliphatic hydroxyl groups excluding tert-OH is 1. The lowest BCUT2D eigenvalue weighted by molar-refractivity contribution is -0.152. The topological polar surface area (TPSA) is 87.2 Å². The summed E-state index contributed by atoms with van der Waals surface area (Å²) >= 11 is 1.52. The molecule has 2 amide bonds. The fourth-order valence-electron chi connectivity index (χ4n) is 6.51. The second-order valence-electron chi connectivity index (χ2n) is 10.4. The van der Waals surface area contributed by atoms with Crippen LogP contribution in [0.4, 0.5) is 5.69 Å². The zero-order valence-corrected chi connectivity index (χ0v) is 22.0. The molecule has 192 valence electrons. The van der Waals surface area contributed by atoms with Gasteiger partial charge in [-0.1, -0.05) is 62.8 Å². The molecule has 1 aromatic carbocycles. The predicted octanol–water partition coefficient (Wildman–Crippen LogP) is 3.02. The molecule has 4 heterocycles. The molecule has 4 aliphatic heterocycles. The Hall–Kier alpha value is -2.58. The second kappa shape index (κ2) is 9.38. The van der Waals surface area contributed by atoms with Gasteiger partial charge in [0.15, 0.2) is 0 Å². The van der Waals surface area contributed by atoms with Crippen molar-refractivity contribution < 1.29 is 24.2 Å². The molecule has 4 aliphatic rings. The van der Waals surface area contributed by atoms with E-state index in [-0.39, 0.29) is 36.2 Å². The first-order valence-corrected chi connectivity index (χ1v) is 13.6. The summed E-state index contributed by atoms with van der Waals surface area (Å²) in [5.74, 6) is -2.23. The number of fused-ring (bicyclic) bond motifs is 2. The monoisotopic (exact) mass is 510 g/mol. The van der Waals surface area contributed by atoms with Gasteiger partial charge < -0.3 is 19.6 Å². The smallest absolute Gasteiger partial charge is 0.311 e. The summed E-state index contributed by atoms with van der Waals surface area (Å²) in [5, 5.41) is 10.2. The molecule has 1 unspecified atom stereocenters. The SMILES string of the molecule is CC[C@H](C)[C@H](CO)N1C(=O)[C@@H]2[C@@H]3C(=O)OCC=C[C@@H]3S[C@@]23C=CCN(c2c(C)cccc2C)C(=O)C13. The van der Waals surface area contributed by atoms with Gasteiger partial charge in [0.25, 0.3) is 5.91 Å². The minimum absolute atomic E-state index is 0.0229.